The number of rotatable bonds is 5. The molecule has 0 aliphatic rings. The lowest BCUT2D eigenvalue weighted by Gasteiger charge is -2.12. The molecule has 0 aliphatic carbocycles. The lowest BCUT2D eigenvalue weighted by atomic mass is 10.2. The summed E-state index contributed by atoms with van der Waals surface area (Å²) in [6, 6.07) is 21.1. The molecular formula is C19H16N4O3S. The van der Waals surface area contributed by atoms with Gasteiger partial charge in [-0.05, 0) is 60.7 Å². The van der Waals surface area contributed by atoms with Crippen LogP contribution in [0.1, 0.15) is 0 Å². The van der Waals surface area contributed by atoms with Crippen LogP contribution < -0.4 is 21.1 Å². The van der Waals surface area contributed by atoms with Crippen LogP contribution in [0.25, 0.3) is 0 Å². The molecule has 0 spiro atoms. The minimum atomic E-state index is -0.539. The van der Waals surface area contributed by atoms with E-state index in [4.69, 9.17) is 22.7 Å². The molecule has 0 saturated heterocycles. The fourth-order valence-electron chi connectivity index (χ4n) is 2.30. The van der Waals surface area contributed by atoms with Crippen LogP contribution in [0, 0.1) is 10.1 Å². The Hall–Kier alpha value is -3.65. The highest BCUT2D eigenvalue weighted by Gasteiger charge is 2.12. The van der Waals surface area contributed by atoms with Gasteiger partial charge >= 0.3 is 0 Å². The molecule has 0 unspecified atom stereocenters. The van der Waals surface area contributed by atoms with Gasteiger partial charge in [-0.15, -0.1) is 0 Å². The number of thiocarbonyl (C=S) groups is 1. The van der Waals surface area contributed by atoms with Crippen molar-refractivity contribution in [2.45, 2.75) is 0 Å². The second-order valence-electron chi connectivity index (χ2n) is 5.55. The van der Waals surface area contributed by atoms with Crippen LogP contribution in [-0.4, -0.2) is 10.0 Å². The van der Waals surface area contributed by atoms with Crippen molar-refractivity contribution in [2.75, 3.05) is 16.4 Å². The van der Waals surface area contributed by atoms with Gasteiger partial charge in [-0.3, -0.25) is 10.1 Å². The van der Waals surface area contributed by atoms with E-state index in [1.54, 1.807) is 6.07 Å². The molecule has 0 amide bonds. The first-order valence-corrected chi connectivity index (χ1v) is 8.37. The molecule has 3 aromatic rings. The van der Waals surface area contributed by atoms with Crippen LogP contribution in [0.5, 0.6) is 11.5 Å². The first-order valence-electron chi connectivity index (χ1n) is 7.96. The van der Waals surface area contributed by atoms with E-state index in [-0.39, 0.29) is 11.4 Å². The second kappa shape index (κ2) is 8.15. The predicted octanol–water partition coefficient (Wildman–Crippen LogP) is 4.78. The smallest absolute Gasteiger partial charge is 0.294 e. The van der Waals surface area contributed by atoms with Gasteiger partial charge in [0.05, 0.1) is 4.92 Å². The average Bonchev–Trinajstić information content (AvgIpc) is 2.65. The molecular weight excluding hydrogens is 364 g/mol. The summed E-state index contributed by atoms with van der Waals surface area (Å²) in [7, 11) is 0. The summed E-state index contributed by atoms with van der Waals surface area (Å²) in [6.45, 7) is 0. The van der Waals surface area contributed by atoms with Gasteiger partial charge in [0, 0.05) is 17.4 Å². The topological polar surface area (TPSA) is 102 Å². The van der Waals surface area contributed by atoms with Gasteiger partial charge in [-0.25, -0.2) is 0 Å². The molecule has 0 aromatic heterocycles. The highest BCUT2D eigenvalue weighted by atomic mass is 32.1. The fourth-order valence-corrected chi connectivity index (χ4v) is 2.54. The Morgan fingerprint density at radius 2 is 1.52 bits per heavy atom. The molecule has 4 N–H and O–H groups in total. The van der Waals surface area contributed by atoms with E-state index in [1.807, 2.05) is 54.6 Å². The lowest BCUT2D eigenvalue weighted by Crippen LogP contribution is -2.19. The van der Waals surface area contributed by atoms with Gasteiger partial charge in [-0.2, -0.15) is 0 Å². The van der Waals surface area contributed by atoms with Crippen molar-refractivity contribution < 1.29 is 9.66 Å². The van der Waals surface area contributed by atoms with Crippen molar-refractivity contribution >= 4 is 40.1 Å². The number of nitrogens with two attached hydrogens (primary N) is 1. The third-order valence-electron chi connectivity index (χ3n) is 3.58. The molecule has 136 valence electrons. The number of hydrogen-bond donors (Lipinski definition) is 3. The van der Waals surface area contributed by atoms with E-state index < -0.39 is 4.92 Å². The molecule has 0 bridgehead atoms. The second-order valence-corrected chi connectivity index (χ2v) is 5.96. The highest BCUT2D eigenvalue weighted by Crippen LogP contribution is 2.26. The highest BCUT2D eigenvalue weighted by molar-refractivity contribution is 7.80. The number of hydrogen-bond acceptors (Lipinski definition) is 5. The molecule has 27 heavy (non-hydrogen) atoms. The standard InChI is InChI=1S/C19H16N4O3S/c20-17-11-8-14(12-18(17)23(24)25)22-19(27)21-13-6-9-16(10-7-13)26-15-4-2-1-3-5-15/h1-12H,20H2,(H2,21,22,27). The molecule has 7 nitrogen and oxygen atoms in total. The Labute approximate surface area is 160 Å². The monoisotopic (exact) mass is 380 g/mol. The number of nitrogens with one attached hydrogen (secondary N) is 2. The third-order valence-corrected chi connectivity index (χ3v) is 3.78. The number of nitrogens with zero attached hydrogens (tertiary/aromatic N) is 1. The zero-order valence-corrected chi connectivity index (χ0v) is 14.9. The van der Waals surface area contributed by atoms with E-state index in [0.717, 1.165) is 11.4 Å². The molecule has 3 rings (SSSR count). The zero-order valence-electron chi connectivity index (χ0n) is 14.1. The number of para-hydroxylation sites is 1. The largest absolute Gasteiger partial charge is 0.457 e. The maximum Gasteiger partial charge on any atom is 0.294 e. The van der Waals surface area contributed by atoms with Crippen molar-refractivity contribution in [3.8, 4) is 11.5 Å². The first-order chi connectivity index (χ1) is 13.0. The lowest BCUT2D eigenvalue weighted by molar-refractivity contribution is -0.383. The molecule has 0 heterocycles. The molecule has 0 atom stereocenters. The molecule has 3 aromatic carbocycles. The summed E-state index contributed by atoms with van der Waals surface area (Å²) >= 11 is 5.24. The van der Waals surface area contributed by atoms with Gasteiger partial charge in [0.1, 0.15) is 17.2 Å². The van der Waals surface area contributed by atoms with Crippen molar-refractivity contribution in [1.29, 1.82) is 0 Å². The fraction of sp³-hybridized carbons (Fsp3) is 0. The van der Waals surface area contributed by atoms with Gasteiger partial charge in [-0.1, -0.05) is 18.2 Å². The van der Waals surface area contributed by atoms with E-state index in [0.29, 0.717) is 16.5 Å². The van der Waals surface area contributed by atoms with Crippen molar-refractivity contribution in [3.05, 3.63) is 82.9 Å². The summed E-state index contributed by atoms with van der Waals surface area (Å²) < 4.78 is 5.73. The summed E-state index contributed by atoms with van der Waals surface area (Å²) in [4.78, 5) is 10.4. The van der Waals surface area contributed by atoms with Gasteiger partial charge in [0.25, 0.3) is 5.69 Å². The van der Waals surface area contributed by atoms with Gasteiger partial charge < -0.3 is 21.1 Å². The Kier molecular flexibility index (Phi) is 5.48. The van der Waals surface area contributed by atoms with E-state index in [2.05, 4.69) is 10.6 Å². The molecule has 0 saturated carbocycles. The number of nitrogen functional groups attached to an aromatic ring is 1. The summed E-state index contributed by atoms with van der Waals surface area (Å²) in [5.74, 6) is 1.44. The quantitative estimate of drug-likeness (QED) is 0.253. The SMILES string of the molecule is Nc1ccc(NC(=S)Nc2ccc(Oc3ccccc3)cc2)cc1[N+](=O)[O-]. The Morgan fingerprint density at radius 1 is 0.926 bits per heavy atom. The Bertz CT molecular complexity index is 962. The maximum atomic E-state index is 11.0. The van der Waals surface area contributed by atoms with Crippen LogP contribution in [0.3, 0.4) is 0 Å². The third kappa shape index (κ3) is 4.93. The number of benzene rings is 3. The van der Waals surface area contributed by atoms with Gasteiger partial charge in [0.15, 0.2) is 5.11 Å². The van der Waals surface area contributed by atoms with Crippen molar-refractivity contribution in [1.82, 2.24) is 0 Å². The van der Waals surface area contributed by atoms with Crippen LogP contribution >= 0.6 is 12.2 Å². The molecule has 0 aliphatic heterocycles. The van der Waals surface area contributed by atoms with Crippen LogP contribution in [0.4, 0.5) is 22.7 Å². The minimum absolute atomic E-state index is 0.0958. The van der Waals surface area contributed by atoms with E-state index in [1.165, 1.54) is 12.1 Å². The van der Waals surface area contributed by atoms with Gasteiger partial charge in [0.2, 0.25) is 0 Å². The molecule has 0 fully saturated rings. The van der Waals surface area contributed by atoms with E-state index >= 15 is 0 Å². The van der Waals surface area contributed by atoms with Crippen LogP contribution in [-0.2, 0) is 0 Å². The number of anilines is 3. The zero-order chi connectivity index (χ0) is 19.2. The summed E-state index contributed by atoms with van der Waals surface area (Å²) in [6.07, 6.45) is 0. The molecule has 8 heteroatoms. The van der Waals surface area contributed by atoms with Crippen molar-refractivity contribution in [2.24, 2.45) is 0 Å². The predicted molar refractivity (Wildman–Crippen MR) is 110 cm³/mol. The Balaban J connectivity index is 1.61. The van der Waals surface area contributed by atoms with Crippen LogP contribution in [0.15, 0.2) is 72.8 Å². The minimum Gasteiger partial charge on any atom is -0.457 e. The number of nitro groups is 1. The summed E-state index contributed by atoms with van der Waals surface area (Å²) in [5.41, 5.74) is 6.72. The van der Waals surface area contributed by atoms with E-state index in [9.17, 15) is 10.1 Å². The Morgan fingerprint density at radius 3 is 2.19 bits per heavy atom. The maximum absolute atomic E-state index is 11.0. The molecule has 0 radical (unpaired) electrons. The summed E-state index contributed by atoms with van der Waals surface area (Å²) in [5, 5.41) is 17.2. The normalized spacial score (nSPS) is 10.1. The number of ether oxygens (including phenoxy) is 1. The number of nitro benzene ring substituents is 1. The average molecular weight is 380 g/mol. The first kappa shape index (κ1) is 18.2. The van der Waals surface area contributed by atoms with Crippen LogP contribution in [0.2, 0.25) is 0 Å². The van der Waals surface area contributed by atoms with Crippen molar-refractivity contribution in [3.63, 3.8) is 0 Å².